The van der Waals surface area contributed by atoms with E-state index >= 15 is 0 Å². The molecule has 1 heterocycles. The van der Waals surface area contributed by atoms with Crippen molar-refractivity contribution in [3.63, 3.8) is 0 Å². The Bertz CT molecular complexity index is 1180. The van der Waals surface area contributed by atoms with Gasteiger partial charge in [0.05, 0.1) is 18.7 Å². The zero-order chi connectivity index (χ0) is 22.7. The highest BCUT2D eigenvalue weighted by molar-refractivity contribution is 6.36. The fraction of sp³-hybridized carbons (Fsp3) is 0.185. The number of nitrogens with zero attached hydrogens (tertiary/aromatic N) is 1. The summed E-state index contributed by atoms with van der Waals surface area (Å²) in [4.78, 5) is 28.1. The summed E-state index contributed by atoms with van der Waals surface area (Å²) in [5, 5.41) is 3.20. The normalized spacial score (nSPS) is 13.7. The van der Waals surface area contributed by atoms with E-state index in [1.54, 1.807) is 0 Å². The number of nitrogens with one attached hydrogen (secondary N) is 1. The topological polar surface area (TPSA) is 58.6 Å². The largest absolute Gasteiger partial charge is 0.494 e. The number of ether oxygens (including phenoxy) is 1. The van der Waals surface area contributed by atoms with Gasteiger partial charge in [0.15, 0.2) is 0 Å². The fourth-order valence-corrected chi connectivity index (χ4v) is 3.67. The Kier molecular flexibility index (Phi) is 6.08. The van der Waals surface area contributed by atoms with Crippen molar-refractivity contribution in [2.75, 3.05) is 11.9 Å². The van der Waals surface area contributed by atoms with Gasteiger partial charge in [-0.1, -0.05) is 65.7 Å². The molecule has 0 atom stereocenters. The summed E-state index contributed by atoms with van der Waals surface area (Å²) in [6.07, 6.45) is 0. The molecule has 162 valence electrons. The van der Waals surface area contributed by atoms with Gasteiger partial charge < -0.3 is 10.1 Å². The summed E-state index contributed by atoms with van der Waals surface area (Å²) >= 11 is 0. The van der Waals surface area contributed by atoms with Crippen LogP contribution in [0.3, 0.4) is 0 Å². The first kappa shape index (κ1) is 21.4. The molecule has 2 amide bonds. The molecule has 3 aromatic rings. The van der Waals surface area contributed by atoms with Gasteiger partial charge in [0.25, 0.3) is 11.8 Å². The minimum atomic E-state index is -0.340. The van der Waals surface area contributed by atoms with Crippen LogP contribution >= 0.6 is 0 Å². The number of aryl methyl sites for hydroxylation is 2. The van der Waals surface area contributed by atoms with E-state index in [0.717, 1.165) is 16.7 Å². The monoisotopic (exact) mass is 426 g/mol. The molecule has 32 heavy (non-hydrogen) atoms. The highest BCUT2D eigenvalue weighted by Crippen LogP contribution is 2.32. The smallest absolute Gasteiger partial charge is 0.278 e. The van der Waals surface area contributed by atoms with Crippen LogP contribution in [-0.2, 0) is 16.1 Å². The number of carbonyl (C=O) groups excluding carboxylic acids is 2. The number of hydrogen-bond acceptors (Lipinski definition) is 4. The predicted octanol–water partition coefficient (Wildman–Crippen LogP) is 5.09. The molecular weight excluding hydrogens is 400 g/mol. The maximum atomic E-state index is 13.4. The van der Waals surface area contributed by atoms with Crippen LogP contribution in [0.4, 0.5) is 5.69 Å². The zero-order valence-corrected chi connectivity index (χ0v) is 18.5. The Balaban J connectivity index is 1.71. The lowest BCUT2D eigenvalue weighted by Gasteiger charge is -2.16. The van der Waals surface area contributed by atoms with Gasteiger partial charge in [-0.25, -0.2) is 0 Å². The SMILES string of the molecule is CCOc1cccc(NC2=C(c3ccc(C)cc3)C(=O)N(Cc3ccc(C)cc3)C2=O)c1. The van der Waals surface area contributed by atoms with E-state index in [1.165, 1.54) is 4.90 Å². The molecule has 0 saturated heterocycles. The lowest BCUT2D eigenvalue weighted by Crippen LogP contribution is -2.32. The highest BCUT2D eigenvalue weighted by Gasteiger charge is 2.39. The maximum absolute atomic E-state index is 13.4. The van der Waals surface area contributed by atoms with Gasteiger partial charge in [-0.3, -0.25) is 14.5 Å². The second-order valence-corrected chi connectivity index (χ2v) is 7.88. The van der Waals surface area contributed by atoms with Crippen LogP contribution in [0.2, 0.25) is 0 Å². The Labute approximate surface area is 188 Å². The van der Waals surface area contributed by atoms with Crippen molar-refractivity contribution >= 4 is 23.1 Å². The number of carbonyl (C=O) groups is 2. The highest BCUT2D eigenvalue weighted by atomic mass is 16.5. The average molecular weight is 427 g/mol. The quantitative estimate of drug-likeness (QED) is 0.535. The van der Waals surface area contributed by atoms with Gasteiger partial charge in [-0.15, -0.1) is 0 Å². The van der Waals surface area contributed by atoms with Crippen molar-refractivity contribution in [1.82, 2.24) is 4.90 Å². The molecule has 0 aliphatic carbocycles. The van der Waals surface area contributed by atoms with Crippen LogP contribution in [0.15, 0.2) is 78.5 Å². The summed E-state index contributed by atoms with van der Waals surface area (Å²) in [7, 11) is 0. The number of rotatable bonds is 7. The number of benzene rings is 3. The molecule has 3 aromatic carbocycles. The second kappa shape index (κ2) is 9.10. The molecule has 0 radical (unpaired) electrons. The minimum absolute atomic E-state index is 0.220. The molecule has 0 saturated carbocycles. The lowest BCUT2D eigenvalue weighted by atomic mass is 10.0. The molecule has 4 rings (SSSR count). The Morgan fingerprint density at radius 1 is 0.844 bits per heavy atom. The first-order valence-electron chi connectivity index (χ1n) is 10.7. The van der Waals surface area contributed by atoms with Crippen LogP contribution < -0.4 is 10.1 Å². The van der Waals surface area contributed by atoms with Crippen molar-refractivity contribution in [2.24, 2.45) is 0 Å². The molecule has 1 aliphatic rings. The summed E-state index contributed by atoms with van der Waals surface area (Å²) in [5.41, 5.74) is 5.17. The van der Waals surface area contributed by atoms with E-state index in [-0.39, 0.29) is 24.1 Å². The third kappa shape index (κ3) is 4.42. The Morgan fingerprint density at radius 3 is 2.16 bits per heavy atom. The minimum Gasteiger partial charge on any atom is -0.494 e. The Morgan fingerprint density at radius 2 is 1.50 bits per heavy atom. The molecule has 0 unspecified atom stereocenters. The van der Waals surface area contributed by atoms with Crippen molar-refractivity contribution < 1.29 is 14.3 Å². The number of hydrogen-bond donors (Lipinski definition) is 1. The number of imide groups is 1. The lowest BCUT2D eigenvalue weighted by molar-refractivity contribution is -0.137. The van der Waals surface area contributed by atoms with Crippen LogP contribution in [0.25, 0.3) is 5.57 Å². The first-order valence-corrected chi connectivity index (χ1v) is 10.7. The third-order valence-corrected chi connectivity index (χ3v) is 5.38. The summed E-state index contributed by atoms with van der Waals surface area (Å²) in [6.45, 7) is 6.67. The van der Waals surface area contributed by atoms with Gasteiger partial charge in [0, 0.05) is 11.8 Å². The van der Waals surface area contributed by atoms with Gasteiger partial charge in [0.1, 0.15) is 11.4 Å². The molecule has 1 N–H and O–H groups in total. The van der Waals surface area contributed by atoms with Crippen LogP contribution in [-0.4, -0.2) is 23.3 Å². The van der Waals surface area contributed by atoms with Gasteiger partial charge in [-0.2, -0.15) is 0 Å². The standard InChI is InChI=1S/C27H26N2O3/c1-4-32-23-7-5-6-22(16-23)28-25-24(21-14-10-19(3)11-15-21)26(30)29(27(25)31)17-20-12-8-18(2)9-13-20/h5-16,28H,4,17H2,1-3H3. The second-order valence-electron chi connectivity index (χ2n) is 7.88. The van der Waals surface area contributed by atoms with Crippen LogP contribution in [0, 0.1) is 13.8 Å². The van der Waals surface area contributed by atoms with Gasteiger partial charge in [-0.05, 0) is 44.0 Å². The molecule has 5 nitrogen and oxygen atoms in total. The summed E-state index contributed by atoms with van der Waals surface area (Å²) in [6, 6.07) is 22.9. The average Bonchev–Trinajstić information content (AvgIpc) is 3.01. The molecule has 1 aliphatic heterocycles. The van der Waals surface area contributed by atoms with Crippen molar-refractivity contribution in [3.05, 3.63) is 101 Å². The van der Waals surface area contributed by atoms with Crippen LogP contribution in [0.5, 0.6) is 5.75 Å². The molecule has 0 bridgehead atoms. The van der Waals surface area contributed by atoms with E-state index in [2.05, 4.69) is 5.32 Å². The molecule has 0 fully saturated rings. The first-order chi connectivity index (χ1) is 15.5. The fourth-order valence-electron chi connectivity index (χ4n) is 3.67. The van der Waals surface area contributed by atoms with E-state index in [4.69, 9.17) is 4.74 Å². The Hall–Kier alpha value is -3.86. The van der Waals surface area contributed by atoms with Crippen LogP contribution in [0.1, 0.15) is 29.2 Å². The maximum Gasteiger partial charge on any atom is 0.278 e. The van der Waals surface area contributed by atoms with Gasteiger partial charge in [0.2, 0.25) is 0 Å². The molecule has 0 spiro atoms. The van der Waals surface area contributed by atoms with E-state index in [1.807, 2.05) is 93.6 Å². The predicted molar refractivity (Wildman–Crippen MR) is 126 cm³/mol. The van der Waals surface area contributed by atoms with E-state index in [0.29, 0.717) is 29.2 Å². The van der Waals surface area contributed by atoms with Crippen molar-refractivity contribution in [2.45, 2.75) is 27.3 Å². The summed E-state index contributed by atoms with van der Waals surface area (Å²) < 4.78 is 5.58. The van der Waals surface area contributed by atoms with E-state index < -0.39 is 0 Å². The number of amides is 2. The van der Waals surface area contributed by atoms with Gasteiger partial charge >= 0.3 is 0 Å². The van der Waals surface area contributed by atoms with Crippen molar-refractivity contribution in [3.8, 4) is 5.75 Å². The summed E-state index contributed by atoms with van der Waals surface area (Å²) in [5.74, 6) is 0.0547. The third-order valence-electron chi connectivity index (χ3n) is 5.38. The molecular formula is C27H26N2O3. The zero-order valence-electron chi connectivity index (χ0n) is 18.5. The molecule has 5 heteroatoms. The number of anilines is 1. The molecule has 0 aromatic heterocycles. The van der Waals surface area contributed by atoms with Crippen molar-refractivity contribution in [1.29, 1.82) is 0 Å². The van der Waals surface area contributed by atoms with E-state index in [9.17, 15) is 9.59 Å².